The van der Waals surface area contributed by atoms with Gasteiger partial charge in [-0.15, -0.1) is 0 Å². The van der Waals surface area contributed by atoms with Gasteiger partial charge in [-0.05, 0) is 48.1 Å². The van der Waals surface area contributed by atoms with Crippen LogP contribution in [0.1, 0.15) is 18.1 Å². The molecule has 2 heteroatoms. The van der Waals surface area contributed by atoms with Crippen molar-refractivity contribution >= 4 is 11.4 Å². The van der Waals surface area contributed by atoms with Crippen molar-refractivity contribution in [1.82, 2.24) is 0 Å². The first kappa shape index (κ1) is 13.0. The van der Waals surface area contributed by atoms with E-state index in [4.69, 9.17) is 5.73 Å². The molecule has 0 saturated heterocycles. The number of anilines is 2. The van der Waals surface area contributed by atoms with Gasteiger partial charge in [-0.2, -0.15) is 0 Å². The van der Waals surface area contributed by atoms with Crippen LogP contribution in [0.3, 0.4) is 0 Å². The smallest absolute Gasteiger partial charge is 0.0399 e. The number of benzene rings is 2. The second-order valence-corrected chi connectivity index (χ2v) is 5.88. The summed E-state index contributed by atoms with van der Waals surface area (Å²) in [5, 5.41) is 0. The van der Waals surface area contributed by atoms with Crippen LogP contribution >= 0.6 is 0 Å². The van der Waals surface area contributed by atoms with Crippen LogP contribution < -0.4 is 10.6 Å². The van der Waals surface area contributed by atoms with Crippen LogP contribution in [0.4, 0.5) is 11.4 Å². The van der Waals surface area contributed by atoms with Crippen molar-refractivity contribution in [3.05, 3.63) is 59.7 Å². The first-order valence-corrected chi connectivity index (χ1v) is 7.39. The Labute approximate surface area is 121 Å². The maximum atomic E-state index is 5.85. The van der Waals surface area contributed by atoms with Crippen molar-refractivity contribution in [2.24, 2.45) is 5.92 Å². The minimum atomic E-state index is 0.728. The van der Waals surface area contributed by atoms with Crippen molar-refractivity contribution < 1.29 is 0 Å². The Hall–Kier alpha value is -1.96. The highest BCUT2D eigenvalue weighted by Gasteiger charge is 2.20. The van der Waals surface area contributed by atoms with Gasteiger partial charge >= 0.3 is 0 Å². The molecule has 1 atom stereocenters. The van der Waals surface area contributed by atoms with Crippen LogP contribution in [0.5, 0.6) is 0 Å². The van der Waals surface area contributed by atoms with Gasteiger partial charge in [0.25, 0.3) is 0 Å². The molecule has 1 unspecified atom stereocenters. The number of rotatable bonds is 3. The molecule has 2 aromatic carbocycles. The summed E-state index contributed by atoms with van der Waals surface area (Å²) in [6, 6.07) is 17.0. The largest absolute Gasteiger partial charge is 0.399 e. The van der Waals surface area contributed by atoms with E-state index in [1.165, 1.54) is 23.2 Å². The fourth-order valence-corrected chi connectivity index (χ4v) is 3.13. The van der Waals surface area contributed by atoms with Gasteiger partial charge in [-0.1, -0.05) is 37.3 Å². The van der Waals surface area contributed by atoms with Crippen LogP contribution in [-0.2, 0) is 12.8 Å². The van der Waals surface area contributed by atoms with Crippen molar-refractivity contribution in [3.8, 4) is 0 Å². The second kappa shape index (κ2) is 5.58. The normalized spacial score (nSPS) is 17.9. The van der Waals surface area contributed by atoms with Gasteiger partial charge in [0.05, 0.1) is 0 Å². The van der Waals surface area contributed by atoms with E-state index in [0.29, 0.717) is 0 Å². The van der Waals surface area contributed by atoms with Crippen molar-refractivity contribution in [2.75, 3.05) is 23.7 Å². The zero-order valence-corrected chi connectivity index (χ0v) is 12.0. The highest BCUT2D eigenvalue weighted by Crippen LogP contribution is 2.29. The molecule has 0 radical (unpaired) electrons. The fraction of sp³-hybridized carbons (Fsp3) is 0.333. The van der Waals surface area contributed by atoms with E-state index in [2.05, 4.69) is 48.2 Å². The molecule has 3 rings (SSSR count). The molecule has 0 fully saturated rings. The summed E-state index contributed by atoms with van der Waals surface area (Å²) >= 11 is 0. The molecule has 0 aliphatic carbocycles. The number of fused-ring (bicyclic) bond motifs is 1. The van der Waals surface area contributed by atoms with Gasteiger partial charge in [-0.3, -0.25) is 0 Å². The number of nitrogen functional groups attached to an aromatic ring is 1. The van der Waals surface area contributed by atoms with Crippen molar-refractivity contribution in [3.63, 3.8) is 0 Å². The van der Waals surface area contributed by atoms with Gasteiger partial charge in [0, 0.05) is 24.5 Å². The lowest BCUT2D eigenvalue weighted by atomic mass is 9.93. The lowest BCUT2D eigenvalue weighted by Crippen LogP contribution is -2.35. The molecule has 0 bridgehead atoms. The van der Waals surface area contributed by atoms with Crippen LogP contribution in [0.2, 0.25) is 0 Å². The Morgan fingerprint density at radius 1 is 1.15 bits per heavy atom. The van der Waals surface area contributed by atoms with E-state index in [1.807, 2.05) is 12.1 Å². The number of hydrogen-bond donors (Lipinski definition) is 1. The molecule has 104 valence electrons. The third-order valence-corrected chi connectivity index (χ3v) is 4.05. The maximum absolute atomic E-state index is 5.85. The third-order valence-electron chi connectivity index (χ3n) is 4.05. The summed E-state index contributed by atoms with van der Waals surface area (Å²) in [7, 11) is 0. The average molecular weight is 266 g/mol. The Morgan fingerprint density at radius 3 is 2.85 bits per heavy atom. The van der Waals surface area contributed by atoms with Crippen molar-refractivity contribution in [1.29, 1.82) is 0 Å². The highest BCUT2D eigenvalue weighted by molar-refractivity contribution is 5.56. The predicted molar refractivity (Wildman–Crippen MR) is 86.1 cm³/mol. The lowest BCUT2D eigenvalue weighted by molar-refractivity contribution is 0.532. The zero-order valence-electron chi connectivity index (χ0n) is 12.0. The third kappa shape index (κ3) is 2.79. The van der Waals surface area contributed by atoms with E-state index in [1.54, 1.807) is 0 Å². The molecule has 2 nitrogen and oxygen atoms in total. The van der Waals surface area contributed by atoms with Crippen molar-refractivity contribution in [2.45, 2.75) is 19.8 Å². The molecular formula is C18H22N2. The number of hydrogen-bond acceptors (Lipinski definition) is 2. The SMILES string of the molecule is CC1Cc2ccccc2N(CCc2cccc(N)c2)C1. The average Bonchev–Trinajstić information content (AvgIpc) is 2.44. The monoisotopic (exact) mass is 266 g/mol. The molecular weight excluding hydrogens is 244 g/mol. The molecule has 0 aromatic heterocycles. The molecule has 0 spiro atoms. The molecule has 0 amide bonds. The second-order valence-electron chi connectivity index (χ2n) is 5.88. The number of para-hydroxylation sites is 1. The Balaban J connectivity index is 1.74. The number of nitrogens with two attached hydrogens (primary N) is 1. The van der Waals surface area contributed by atoms with Gasteiger partial charge in [0.2, 0.25) is 0 Å². The van der Waals surface area contributed by atoms with E-state index in [-0.39, 0.29) is 0 Å². The van der Waals surface area contributed by atoms with E-state index in [0.717, 1.165) is 31.1 Å². The fourth-order valence-electron chi connectivity index (χ4n) is 3.13. The predicted octanol–water partition coefficient (Wildman–Crippen LogP) is 3.51. The molecule has 0 saturated carbocycles. The number of nitrogens with zero attached hydrogens (tertiary/aromatic N) is 1. The zero-order chi connectivity index (χ0) is 13.9. The summed E-state index contributed by atoms with van der Waals surface area (Å²) in [6.07, 6.45) is 2.25. The molecule has 20 heavy (non-hydrogen) atoms. The first-order valence-electron chi connectivity index (χ1n) is 7.39. The first-order chi connectivity index (χ1) is 9.72. The van der Waals surface area contributed by atoms with E-state index in [9.17, 15) is 0 Å². The van der Waals surface area contributed by atoms with Crippen LogP contribution in [-0.4, -0.2) is 13.1 Å². The summed E-state index contributed by atoms with van der Waals surface area (Å²) in [4.78, 5) is 2.52. The lowest BCUT2D eigenvalue weighted by Gasteiger charge is -2.35. The van der Waals surface area contributed by atoms with Gasteiger partial charge in [0.1, 0.15) is 0 Å². The summed E-state index contributed by atoms with van der Waals surface area (Å²) < 4.78 is 0. The summed E-state index contributed by atoms with van der Waals surface area (Å²) in [6.45, 7) is 4.55. The van der Waals surface area contributed by atoms with Gasteiger partial charge in [-0.25, -0.2) is 0 Å². The van der Waals surface area contributed by atoms with Crippen LogP contribution in [0.25, 0.3) is 0 Å². The van der Waals surface area contributed by atoms with Gasteiger partial charge in [0.15, 0.2) is 0 Å². The summed E-state index contributed by atoms with van der Waals surface area (Å²) in [5.74, 6) is 0.728. The molecule has 1 heterocycles. The van der Waals surface area contributed by atoms with Crippen LogP contribution in [0, 0.1) is 5.92 Å². The summed E-state index contributed by atoms with van der Waals surface area (Å²) in [5.41, 5.74) is 10.9. The molecule has 1 aliphatic rings. The van der Waals surface area contributed by atoms with Crippen LogP contribution in [0.15, 0.2) is 48.5 Å². The molecule has 1 aliphatic heterocycles. The minimum Gasteiger partial charge on any atom is -0.399 e. The Morgan fingerprint density at radius 2 is 2.00 bits per heavy atom. The molecule has 2 aromatic rings. The van der Waals surface area contributed by atoms with E-state index < -0.39 is 0 Å². The quantitative estimate of drug-likeness (QED) is 0.861. The molecule has 2 N–H and O–H groups in total. The van der Waals surface area contributed by atoms with Gasteiger partial charge < -0.3 is 10.6 Å². The standard InChI is InChI=1S/C18H22N2/c1-14-11-16-6-2-3-8-18(16)20(13-14)10-9-15-5-4-7-17(19)12-15/h2-8,12,14H,9-11,13,19H2,1H3. The highest BCUT2D eigenvalue weighted by atomic mass is 15.1. The maximum Gasteiger partial charge on any atom is 0.0399 e. The van der Waals surface area contributed by atoms with E-state index >= 15 is 0 Å². The Kier molecular flexibility index (Phi) is 3.64. The topological polar surface area (TPSA) is 29.3 Å². The minimum absolute atomic E-state index is 0.728. The Bertz CT molecular complexity index is 591.